The minimum atomic E-state index is 0.00716. The van der Waals surface area contributed by atoms with Crippen LogP contribution in [-0.2, 0) is 14.3 Å². The summed E-state index contributed by atoms with van der Waals surface area (Å²) >= 11 is 4.43. The molecule has 0 spiro atoms. The molecule has 2 saturated heterocycles. The Morgan fingerprint density at radius 3 is 2.50 bits per heavy atom. The van der Waals surface area contributed by atoms with E-state index in [-0.39, 0.29) is 30.3 Å². The molecular formula is C12H20N2O3S. The van der Waals surface area contributed by atoms with E-state index < -0.39 is 0 Å². The molecule has 2 heterocycles. The number of carbonyl (C=O) groups is 2. The summed E-state index contributed by atoms with van der Waals surface area (Å²) in [6, 6.07) is 0. The molecule has 0 bridgehead atoms. The van der Waals surface area contributed by atoms with E-state index in [1.807, 2.05) is 0 Å². The molecule has 102 valence electrons. The van der Waals surface area contributed by atoms with Crippen LogP contribution in [0.25, 0.3) is 0 Å². The Morgan fingerprint density at radius 1 is 1.22 bits per heavy atom. The van der Waals surface area contributed by atoms with Crippen LogP contribution >= 0.6 is 12.6 Å². The van der Waals surface area contributed by atoms with Crippen LogP contribution in [0, 0.1) is 5.41 Å². The second-order valence-electron chi connectivity index (χ2n) is 5.27. The molecule has 2 fully saturated rings. The van der Waals surface area contributed by atoms with Crippen LogP contribution in [-0.4, -0.2) is 67.3 Å². The fourth-order valence-corrected chi connectivity index (χ4v) is 2.90. The zero-order chi connectivity index (χ0) is 13.2. The Labute approximate surface area is 113 Å². The summed E-state index contributed by atoms with van der Waals surface area (Å²) in [5.74, 6) is 0.769. The van der Waals surface area contributed by atoms with Crippen LogP contribution in [0.3, 0.4) is 0 Å². The quantitative estimate of drug-likeness (QED) is 0.737. The number of carbonyl (C=O) groups excluding carboxylic acids is 2. The largest absolute Gasteiger partial charge is 0.381 e. The van der Waals surface area contributed by atoms with E-state index in [4.69, 9.17) is 4.74 Å². The lowest BCUT2D eigenvalue weighted by Crippen LogP contribution is -2.55. The van der Waals surface area contributed by atoms with Crippen LogP contribution in [0.1, 0.15) is 12.8 Å². The lowest BCUT2D eigenvalue weighted by atomic mass is 9.81. The van der Waals surface area contributed by atoms with Gasteiger partial charge < -0.3 is 14.5 Å². The van der Waals surface area contributed by atoms with E-state index in [9.17, 15) is 9.59 Å². The molecule has 5 nitrogen and oxygen atoms in total. The molecule has 0 aromatic heterocycles. The van der Waals surface area contributed by atoms with Crippen LogP contribution < -0.4 is 0 Å². The first-order valence-corrected chi connectivity index (χ1v) is 6.90. The molecule has 2 rings (SSSR count). The third kappa shape index (κ3) is 2.80. The summed E-state index contributed by atoms with van der Waals surface area (Å²) in [5.41, 5.74) is 0.00716. The molecule has 0 atom stereocenters. The lowest BCUT2D eigenvalue weighted by molar-refractivity contribution is -0.150. The van der Waals surface area contributed by atoms with Gasteiger partial charge in [-0.05, 0) is 18.6 Å². The Bertz CT molecular complexity index is 342. The number of ether oxygens (including phenoxy) is 1. The Hall–Kier alpha value is -0.750. The normalized spacial score (nSPS) is 24.6. The van der Waals surface area contributed by atoms with E-state index in [0.717, 1.165) is 31.8 Å². The fourth-order valence-electron chi connectivity index (χ4n) is 2.48. The SMILES string of the molecule is CN1CC(=O)N(CC2(CS)CCOCC2)CC1=O. The lowest BCUT2D eigenvalue weighted by Gasteiger charge is -2.42. The number of piperazine rings is 1. The molecule has 0 saturated carbocycles. The van der Waals surface area contributed by atoms with Crippen molar-refractivity contribution >= 4 is 24.4 Å². The van der Waals surface area contributed by atoms with E-state index in [0.29, 0.717) is 6.54 Å². The summed E-state index contributed by atoms with van der Waals surface area (Å²) in [7, 11) is 1.67. The first-order valence-electron chi connectivity index (χ1n) is 6.27. The summed E-state index contributed by atoms with van der Waals surface area (Å²) in [4.78, 5) is 26.8. The fraction of sp³-hybridized carbons (Fsp3) is 0.833. The molecule has 6 heteroatoms. The third-order valence-electron chi connectivity index (χ3n) is 3.89. The maximum Gasteiger partial charge on any atom is 0.242 e. The maximum atomic E-state index is 12.0. The van der Waals surface area contributed by atoms with Crippen molar-refractivity contribution in [3.8, 4) is 0 Å². The third-order valence-corrected chi connectivity index (χ3v) is 4.56. The van der Waals surface area contributed by atoms with Crippen molar-refractivity contribution in [3.05, 3.63) is 0 Å². The van der Waals surface area contributed by atoms with Crippen molar-refractivity contribution in [2.45, 2.75) is 12.8 Å². The van der Waals surface area contributed by atoms with Crippen LogP contribution in [0.15, 0.2) is 0 Å². The predicted octanol–water partition coefficient (Wildman–Crippen LogP) is 0.0136. The van der Waals surface area contributed by atoms with Gasteiger partial charge in [0.1, 0.15) is 0 Å². The van der Waals surface area contributed by atoms with Crippen LogP contribution in [0.4, 0.5) is 0 Å². The molecule has 0 aliphatic carbocycles. The van der Waals surface area contributed by atoms with Crippen molar-refractivity contribution in [1.82, 2.24) is 9.80 Å². The standard InChI is InChI=1S/C12H20N2O3S/c1-13-6-11(16)14(7-10(13)15)8-12(9-18)2-4-17-5-3-12/h18H,2-9H2,1H3. The molecule has 2 amide bonds. The summed E-state index contributed by atoms with van der Waals surface area (Å²) in [6.45, 7) is 2.45. The van der Waals surface area contributed by atoms with Gasteiger partial charge in [-0.1, -0.05) is 0 Å². The van der Waals surface area contributed by atoms with Gasteiger partial charge in [-0.15, -0.1) is 0 Å². The van der Waals surface area contributed by atoms with E-state index >= 15 is 0 Å². The zero-order valence-electron chi connectivity index (χ0n) is 10.7. The van der Waals surface area contributed by atoms with Gasteiger partial charge in [0, 0.05) is 32.2 Å². The topological polar surface area (TPSA) is 49.9 Å². The minimum Gasteiger partial charge on any atom is -0.381 e. The van der Waals surface area contributed by atoms with Gasteiger partial charge in [0.2, 0.25) is 11.8 Å². The molecular weight excluding hydrogens is 252 g/mol. The van der Waals surface area contributed by atoms with Gasteiger partial charge in [-0.25, -0.2) is 0 Å². The Balaban J connectivity index is 2.02. The predicted molar refractivity (Wildman–Crippen MR) is 70.6 cm³/mol. The van der Waals surface area contributed by atoms with Gasteiger partial charge in [-0.2, -0.15) is 12.6 Å². The number of hydrogen-bond donors (Lipinski definition) is 1. The van der Waals surface area contributed by atoms with Gasteiger partial charge in [0.05, 0.1) is 13.1 Å². The number of nitrogens with zero attached hydrogens (tertiary/aromatic N) is 2. The highest BCUT2D eigenvalue weighted by Gasteiger charge is 2.37. The molecule has 18 heavy (non-hydrogen) atoms. The van der Waals surface area contributed by atoms with Crippen molar-refractivity contribution in [1.29, 1.82) is 0 Å². The molecule has 0 aromatic carbocycles. The van der Waals surface area contributed by atoms with Crippen molar-refractivity contribution in [2.75, 3.05) is 45.6 Å². The number of hydrogen-bond acceptors (Lipinski definition) is 4. The number of likely N-dealkylation sites (N-methyl/N-ethyl adjacent to an activating group) is 1. The second-order valence-corrected chi connectivity index (χ2v) is 5.59. The van der Waals surface area contributed by atoms with Crippen molar-refractivity contribution in [3.63, 3.8) is 0 Å². The minimum absolute atomic E-state index is 0.00716. The summed E-state index contributed by atoms with van der Waals surface area (Å²) < 4.78 is 5.37. The Kier molecular flexibility index (Phi) is 4.17. The number of amides is 2. The highest BCUT2D eigenvalue weighted by Crippen LogP contribution is 2.33. The zero-order valence-corrected chi connectivity index (χ0v) is 11.6. The molecule has 2 aliphatic heterocycles. The average molecular weight is 272 g/mol. The van der Waals surface area contributed by atoms with Gasteiger partial charge in [-0.3, -0.25) is 9.59 Å². The van der Waals surface area contributed by atoms with Crippen LogP contribution in [0.5, 0.6) is 0 Å². The molecule has 2 aliphatic rings. The smallest absolute Gasteiger partial charge is 0.242 e. The highest BCUT2D eigenvalue weighted by atomic mass is 32.1. The Morgan fingerprint density at radius 2 is 1.89 bits per heavy atom. The van der Waals surface area contributed by atoms with Crippen molar-refractivity contribution in [2.24, 2.45) is 5.41 Å². The molecule has 0 aromatic rings. The maximum absolute atomic E-state index is 12.0. The van der Waals surface area contributed by atoms with E-state index in [1.54, 1.807) is 11.9 Å². The van der Waals surface area contributed by atoms with Gasteiger partial charge in [0.25, 0.3) is 0 Å². The summed E-state index contributed by atoms with van der Waals surface area (Å²) in [5, 5.41) is 0. The first-order chi connectivity index (χ1) is 8.56. The molecule has 0 radical (unpaired) electrons. The molecule has 0 N–H and O–H groups in total. The molecule has 0 unspecified atom stereocenters. The van der Waals surface area contributed by atoms with Gasteiger partial charge in [0.15, 0.2) is 0 Å². The van der Waals surface area contributed by atoms with E-state index in [1.165, 1.54) is 4.90 Å². The first kappa shape index (κ1) is 13.7. The highest BCUT2D eigenvalue weighted by molar-refractivity contribution is 7.80. The second kappa shape index (κ2) is 5.48. The number of rotatable bonds is 3. The van der Waals surface area contributed by atoms with E-state index in [2.05, 4.69) is 12.6 Å². The van der Waals surface area contributed by atoms with Crippen LogP contribution in [0.2, 0.25) is 0 Å². The monoisotopic (exact) mass is 272 g/mol. The number of thiol groups is 1. The average Bonchev–Trinajstić information content (AvgIpc) is 2.37. The van der Waals surface area contributed by atoms with Crippen molar-refractivity contribution < 1.29 is 14.3 Å². The summed E-state index contributed by atoms with van der Waals surface area (Å²) in [6.07, 6.45) is 1.81. The van der Waals surface area contributed by atoms with Gasteiger partial charge >= 0.3 is 0 Å².